The number of carbonyl (C=O) groups is 2. The van der Waals surface area contributed by atoms with Crippen LogP contribution in [0.1, 0.15) is 72.8 Å². The monoisotopic (exact) mass is 349 g/mol. The van der Waals surface area contributed by atoms with E-state index in [1.54, 1.807) is 13.0 Å². The lowest BCUT2D eigenvalue weighted by Gasteiger charge is -2.05. The van der Waals surface area contributed by atoms with Crippen molar-refractivity contribution in [1.29, 1.82) is 0 Å². The Hall–Kier alpha value is -2.02. The van der Waals surface area contributed by atoms with Crippen molar-refractivity contribution in [3.63, 3.8) is 0 Å². The summed E-state index contributed by atoms with van der Waals surface area (Å²) in [6.45, 7) is 7.49. The second-order valence-electron chi connectivity index (χ2n) is 5.75. The number of carbonyl (C=O) groups excluding carboxylic acids is 2. The van der Waals surface area contributed by atoms with E-state index in [2.05, 4.69) is 29.4 Å². The number of ketones is 1. The van der Waals surface area contributed by atoms with E-state index in [-0.39, 0.29) is 18.1 Å². The summed E-state index contributed by atoms with van der Waals surface area (Å²) in [6, 6.07) is 1.71. The molecule has 0 aromatic carbocycles. The Bertz CT molecular complexity index is 716. The first-order valence-electron chi connectivity index (χ1n) is 8.18. The van der Waals surface area contributed by atoms with Crippen molar-refractivity contribution in [2.45, 2.75) is 59.3 Å². The number of furan rings is 1. The Balaban J connectivity index is 1.89. The van der Waals surface area contributed by atoms with E-state index in [1.165, 1.54) is 18.3 Å². The lowest BCUT2D eigenvalue weighted by molar-refractivity contribution is -0.116. The quantitative estimate of drug-likeness (QED) is 0.725. The number of rotatable bonds is 8. The van der Waals surface area contributed by atoms with Crippen LogP contribution in [0.3, 0.4) is 0 Å². The van der Waals surface area contributed by atoms with Crippen molar-refractivity contribution < 1.29 is 14.0 Å². The van der Waals surface area contributed by atoms with Crippen LogP contribution >= 0.6 is 11.3 Å². The highest BCUT2D eigenvalue weighted by Crippen LogP contribution is 2.28. The predicted octanol–water partition coefficient (Wildman–Crippen LogP) is 4.12. The number of hydrogen-bond acceptors (Lipinski definition) is 6. The Labute approximate surface area is 145 Å². The largest absolute Gasteiger partial charge is 0.466 e. The Morgan fingerprint density at radius 3 is 2.58 bits per heavy atom. The summed E-state index contributed by atoms with van der Waals surface area (Å²) in [4.78, 5) is 23.5. The number of anilines is 1. The topological polar surface area (TPSA) is 85.1 Å². The first kappa shape index (κ1) is 18.3. The fraction of sp³-hybridized carbons (Fsp3) is 0.529. The fourth-order valence-electron chi connectivity index (χ4n) is 2.52. The molecule has 7 heteroatoms. The third-order valence-electron chi connectivity index (χ3n) is 3.97. The number of amides is 1. The Morgan fingerprint density at radius 1 is 1.29 bits per heavy atom. The van der Waals surface area contributed by atoms with Crippen molar-refractivity contribution in [3.8, 4) is 0 Å². The van der Waals surface area contributed by atoms with Crippen LogP contribution < -0.4 is 5.32 Å². The lowest BCUT2D eigenvalue weighted by Crippen LogP contribution is -2.11. The molecule has 0 spiro atoms. The van der Waals surface area contributed by atoms with E-state index in [0.29, 0.717) is 34.6 Å². The van der Waals surface area contributed by atoms with Gasteiger partial charge in [0.25, 0.3) is 0 Å². The molecule has 0 aliphatic rings. The molecule has 0 fully saturated rings. The molecule has 24 heavy (non-hydrogen) atoms. The number of Topliss-reactive ketones (excluding diaryl/α,β-unsaturated/α-hetero) is 1. The number of nitrogens with zero attached hydrogens (tertiary/aromatic N) is 2. The van der Waals surface area contributed by atoms with Gasteiger partial charge in [-0.3, -0.25) is 9.59 Å². The number of aryl methyl sites for hydroxylation is 2. The maximum Gasteiger partial charge on any atom is 0.226 e. The maximum atomic E-state index is 12.0. The molecule has 2 aromatic rings. The van der Waals surface area contributed by atoms with Gasteiger partial charge in [0.2, 0.25) is 11.0 Å². The van der Waals surface area contributed by atoms with Gasteiger partial charge in [-0.15, -0.1) is 10.2 Å². The average Bonchev–Trinajstić information content (AvgIpc) is 3.13. The van der Waals surface area contributed by atoms with Gasteiger partial charge < -0.3 is 9.73 Å². The minimum Gasteiger partial charge on any atom is -0.466 e. The SMILES string of the molecule is CCC(CC)c1nnc(NC(=O)CCc2cc(C(C)=O)c(C)o2)s1. The maximum absolute atomic E-state index is 12.0. The third kappa shape index (κ3) is 4.50. The molecular weight excluding hydrogens is 326 g/mol. The lowest BCUT2D eigenvalue weighted by atomic mass is 10.1. The Kier molecular flexibility index (Phi) is 6.25. The first-order valence-corrected chi connectivity index (χ1v) is 8.99. The molecule has 0 bridgehead atoms. The minimum absolute atomic E-state index is 0.0326. The van der Waals surface area contributed by atoms with Crippen LogP contribution in [-0.2, 0) is 11.2 Å². The summed E-state index contributed by atoms with van der Waals surface area (Å²) in [5, 5.41) is 12.5. The third-order valence-corrected chi connectivity index (χ3v) is 4.97. The molecule has 130 valence electrons. The van der Waals surface area contributed by atoms with Crippen molar-refractivity contribution in [3.05, 3.63) is 28.2 Å². The fourth-order valence-corrected chi connectivity index (χ4v) is 3.55. The summed E-state index contributed by atoms with van der Waals surface area (Å²) >= 11 is 1.43. The standard InChI is InChI=1S/C17H23N3O3S/c1-5-12(6-2)16-19-20-17(24-16)18-15(22)8-7-13-9-14(10(3)21)11(4)23-13/h9,12H,5-8H2,1-4H3,(H,18,20,22). The summed E-state index contributed by atoms with van der Waals surface area (Å²) in [7, 11) is 0. The van der Waals surface area contributed by atoms with E-state index >= 15 is 0 Å². The first-order chi connectivity index (χ1) is 11.4. The second-order valence-corrected chi connectivity index (χ2v) is 6.75. The van der Waals surface area contributed by atoms with E-state index in [0.717, 1.165) is 17.8 Å². The summed E-state index contributed by atoms with van der Waals surface area (Å²) < 4.78 is 5.52. The molecule has 2 rings (SSSR count). The molecule has 0 atom stereocenters. The van der Waals surface area contributed by atoms with E-state index in [4.69, 9.17) is 4.42 Å². The van der Waals surface area contributed by atoms with Gasteiger partial charge in [-0.2, -0.15) is 0 Å². The van der Waals surface area contributed by atoms with E-state index in [1.807, 2.05) is 0 Å². The second kappa shape index (κ2) is 8.19. The zero-order valence-corrected chi connectivity index (χ0v) is 15.3. The molecule has 1 amide bonds. The van der Waals surface area contributed by atoms with E-state index < -0.39 is 0 Å². The van der Waals surface area contributed by atoms with Crippen LogP contribution in [0.15, 0.2) is 10.5 Å². The molecule has 0 aliphatic heterocycles. The van der Waals surface area contributed by atoms with Crippen LogP contribution in [-0.4, -0.2) is 21.9 Å². The van der Waals surface area contributed by atoms with E-state index in [9.17, 15) is 9.59 Å². The van der Waals surface area contributed by atoms with Gasteiger partial charge in [-0.25, -0.2) is 0 Å². The highest BCUT2D eigenvalue weighted by Gasteiger charge is 2.16. The van der Waals surface area contributed by atoms with Crippen LogP contribution in [0.4, 0.5) is 5.13 Å². The Morgan fingerprint density at radius 2 is 2.00 bits per heavy atom. The number of hydrogen-bond donors (Lipinski definition) is 1. The molecule has 0 saturated heterocycles. The minimum atomic E-state index is -0.138. The molecule has 1 N–H and O–H groups in total. The number of nitrogens with one attached hydrogen (secondary N) is 1. The summed E-state index contributed by atoms with van der Waals surface area (Å²) in [5.41, 5.74) is 0.573. The molecule has 2 heterocycles. The van der Waals surface area contributed by atoms with Crippen LogP contribution in [0.5, 0.6) is 0 Å². The predicted molar refractivity (Wildman–Crippen MR) is 93.6 cm³/mol. The molecule has 2 aromatic heterocycles. The normalized spacial score (nSPS) is 11.0. The smallest absolute Gasteiger partial charge is 0.226 e. The summed E-state index contributed by atoms with van der Waals surface area (Å²) in [5.74, 6) is 1.46. The highest BCUT2D eigenvalue weighted by molar-refractivity contribution is 7.15. The molecule has 0 radical (unpaired) electrons. The zero-order valence-electron chi connectivity index (χ0n) is 14.5. The molecule has 0 unspecified atom stereocenters. The van der Waals surface area contributed by atoms with Gasteiger partial charge in [0.1, 0.15) is 16.5 Å². The van der Waals surface area contributed by atoms with Crippen LogP contribution in [0.2, 0.25) is 0 Å². The van der Waals surface area contributed by atoms with Crippen LogP contribution in [0, 0.1) is 6.92 Å². The van der Waals surface area contributed by atoms with Crippen molar-refractivity contribution in [2.24, 2.45) is 0 Å². The average molecular weight is 349 g/mol. The molecule has 0 saturated carbocycles. The highest BCUT2D eigenvalue weighted by atomic mass is 32.1. The van der Waals surface area contributed by atoms with Gasteiger partial charge in [0.05, 0.1) is 5.56 Å². The molecule has 0 aliphatic carbocycles. The van der Waals surface area contributed by atoms with Gasteiger partial charge in [0.15, 0.2) is 5.78 Å². The van der Waals surface area contributed by atoms with Crippen molar-refractivity contribution in [2.75, 3.05) is 5.32 Å². The van der Waals surface area contributed by atoms with Crippen molar-refractivity contribution >= 4 is 28.2 Å². The molecular formula is C17H23N3O3S. The van der Waals surface area contributed by atoms with Crippen LogP contribution in [0.25, 0.3) is 0 Å². The van der Waals surface area contributed by atoms with Gasteiger partial charge in [-0.1, -0.05) is 25.2 Å². The van der Waals surface area contributed by atoms with Gasteiger partial charge in [-0.05, 0) is 32.8 Å². The molecule has 6 nitrogen and oxygen atoms in total. The van der Waals surface area contributed by atoms with Gasteiger partial charge >= 0.3 is 0 Å². The number of aromatic nitrogens is 2. The van der Waals surface area contributed by atoms with Crippen molar-refractivity contribution in [1.82, 2.24) is 10.2 Å². The zero-order chi connectivity index (χ0) is 17.7. The van der Waals surface area contributed by atoms with Gasteiger partial charge in [0, 0.05) is 18.8 Å². The summed E-state index contributed by atoms with van der Waals surface area (Å²) in [6.07, 6.45) is 2.73.